The van der Waals surface area contributed by atoms with E-state index < -0.39 is 10.1 Å². The minimum absolute atomic E-state index is 0.138. The van der Waals surface area contributed by atoms with Crippen LogP contribution in [0.1, 0.15) is 32.1 Å². The minimum atomic E-state index is -3.81. The Bertz CT molecular complexity index is 526. The van der Waals surface area contributed by atoms with Gasteiger partial charge < -0.3 is 0 Å². The zero-order valence-corrected chi connectivity index (χ0v) is 12.4. The van der Waals surface area contributed by atoms with Gasteiger partial charge in [0.1, 0.15) is 0 Å². The van der Waals surface area contributed by atoms with Gasteiger partial charge in [-0.1, -0.05) is 48.1 Å². The number of rotatable bonds is 8. The average molecular weight is 294 g/mol. The Morgan fingerprint density at radius 2 is 1.70 bits per heavy atom. The van der Waals surface area contributed by atoms with E-state index in [2.05, 4.69) is 42.5 Å². The van der Waals surface area contributed by atoms with Crippen LogP contribution < -0.4 is 0 Å². The molecule has 0 bridgehead atoms. The second-order valence-corrected chi connectivity index (χ2v) is 7.09. The van der Waals surface area contributed by atoms with Gasteiger partial charge in [-0.25, -0.2) is 0 Å². The molecule has 0 aromatic heterocycles. The van der Waals surface area contributed by atoms with Gasteiger partial charge in [0.15, 0.2) is 0 Å². The van der Waals surface area contributed by atoms with Gasteiger partial charge in [-0.2, -0.15) is 8.42 Å². The van der Waals surface area contributed by atoms with Crippen LogP contribution in [0.15, 0.2) is 48.1 Å². The highest BCUT2D eigenvalue weighted by Gasteiger charge is 2.12. The molecule has 2 rings (SSSR count). The molecule has 0 aliphatic heterocycles. The SMILES string of the molecule is O=S(=O)(O)CCCC1C=CC(CCCC2C=CC=C2)=C1. The number of allylic oxidation sites excluding steroid dienone is 8. The first kappa shape index (κ1) is 15.3. The highest BCUT2D eigenvalue weighted by atomic mass is 32.2. The van der Waals surface area contributed by atoms with E-state index in [0.717, 1.165) is 12.8 Å². The topological polar surface area (TPSA) is 54.4 Å². The van der Waals surface area contributed by atoms with Crippen molar-refractivity contribution >= 4 is 10.1 Å². The van der Waals surface area contributed by atoms with Gasteiger partial charge in [0, 0.05) is 0 Å². The first-order chi connectivity index (χ1) is 9.53. The first-order valence-corrected chi connectivity index (χ1v) is 8.83. The molecular formula is C16H22O3S. The van der Waals surface area contributed by atoms with Crippen molar-refractivity contribution < 1.29 is 13.0 Å². The molecule has 3 nitrogen and oxygen atoms in total. The van der Waals surface area contributed by atoms with Crippen molar-refractivity contribution in [3.05, 3.63) is 48.1 Å². The van der Waals surface area contributed by atoms with Gasteiger partial charge in [0.05, 0.1) is 5.75 Å². The van der Waals surface area contributed by atoms with Crippen LogP contribution in [0.2, 0.25) is 0 Å². The van der Waals surface area contributed by atoms with Crippen molar-refractivity contribution in [2.45, 2.75) is 32.1 Å². The molecular weight excluding hydrogens is 272 g/mol. The molecule has 0 amide bonds. The van der Waals surface area contributed by atoms with Crippen LogP contribution in [0.3, 0.4) is 0 Å². The summed E-state index contributed by atoms with van der Waals surface area (Å²) in [5, 5.41) is 0. The van der Waals surface area contributed by atoms with Crippen LogP contribution in [0.5, 0.6) is 0 Å². The van der Waals surface area contributed by atoms with E-state index >= 15 is 0 Å². The quantitative estimate of drug-likeness (QED) is 0.695. The van der Waals surface area contributed by atoms with Gasteiger partial charge >= 0.3 is 0 Å². The Kier molecular flexibility index (Phi) is 5.38. The van der Waals surface area contributed by atoms with Crippen molar-refractivity contribution in [2.24, 2.45) is 11.8 Å². The van der Waals surface area contributed by atoms with E-state index in [0.29, 0.717) is 18.3 Å². The summed E-state index contributed by atoms with van der Waals surface area (Å²) in [6.07, 6.45) is 19.9. The lowest BCUT2D eigenvalue weighted by Crippen LogP contribution is -2.05. The Hall–Kier alpha value is -1.13. The van der Waals surface area contributed by atoms with Crippen molar-refractivity contribution in [3.8, 4) is 0 Å². The summed E-state index contributed by atoms with van der Waals surface area (Å²) in [5.74, 6) is 0.797. The molecule has 2 aliphatic carbocycles. The van der Waals surface area contributed by atoms with Crippen LogP contribution in [0.4, 0.5) is 0 Å². The Balaban J connectivity index is 1.64. The summed E-state index contributed by atoms with van der Waals surface area (Å²) in [7, 11) is -3.81. The number of hydrogen-bond acceptors (Lipinski definition) is 2. The lowest BCUT2D eigenvalue weighted by atomic mass is 10.0. The third kappa shape index (κ3) is 5.47. The van der Waals surface area contributed by atoms with E-state index in [1.165, 1.54) is 18.4 Å². The summed E-state index contributed by atoms with van der Waals surface area (Å²) in [5.41, 5.74) is 1.35. The van der Waals surface area contributed by atoms with Gasteiger partial charge in [-0.05, 0) is 43.9 Å². The van der Waals surface area contributed by atoms with Crippen LogP contribution in [0.25, 0.3) is 0 Å². The normalized spacial score (nSPS) is 21.9. The second kappa shape index (κ2) is 7.04. The lowest BCUT2D eigenvalue weighted by Gasteiger charge is -2.05. The average Bonchev–Trinajstić information content (AvgIpc) is 2.99. The molecule has 0 saturated heterocycles. The molecule has 0 aromatic carbocycles. The standard InChI is InChI=1S/C16H22O3S/c17-20(18,19)12-4-9-16-11-10-15(13-16)8-3-7-14-5-1-2-6-14/h1-2,5-6,10-11,13-14,16H,3-4,7-9,12H2,(H,17,18,19). The third-order valence-electron chi connectivity index (χ3n) is 3.76. The molecule has 0 aromatic rings. The lowest BCUT2D eigenvalue weighted by molar-refractivity contribution is 0.479. The van der Waals surface area contributed by atoms with Crippen LogP contribution in [-0.2, 0) is 10.1 Å². The molecule has 4 heteroatoms. The molecule has 2 aliphatic rings. The fraction of sp³-hybridized carbons (Fsp3) is 0.500. The van der Waals surface area contributed by atoms with Gasteiger partial charge in [0.25, 0.3) is 10.1 Å². The largest absolute Gasteiger partial charge is 0.286 e. The highest BCUT2D eigenvalue weighted by Crippen LogP contribution is 2.25. The maximum Gasteiger partial charge on any atom is 0.264 e. The van der Waals surface area contributed by atoms with Crippen molar-refractivity contribution in [1.82, 2.24) is 0 Å². The summed E-state index contributed by atoms with van der Waals surface area (Å²) >= 11 is 0. The summed E-state index contributed by atoms with van der Waals surface area (Å²) in [6, 6.07) is 0. The molecule has 1 atom stereocenters. The summed E-state index contributed by atoms with van der Waals surface area (Å²) in [4.78, 5) is 0. The maximum absolute atomic E-state index is 10.6. The van der Waals surface area contributed by atoms with Crippen molar-refractivity contribution in [3.63, 3.8) is 0 Å². The smallest absolute Gasteiger partial charge is 0.264 e. The molecule has 0 radical (unpaired) electrons. The molecule has 0 spiro atoms. The van der Waals surface area contributed by atoms with Gasteiger partial charge in [-0.15, -0.1) is 0 Å². The maximum atomic E-state index is 10.6. The zero-order valence-electron chi connectivity index (χ0n) is 11.6. The van der Waals surface area contributed by atoms with Gasteiger partial charge in [0.2, 0.25) is 0 Å². The Morgan fingerprint density at radius 1 is 1.00 bits per heavy atom. The fourth-order valence-corrected chi connectivity index (χ4v) is 3.22. The zero-order chi connectivity index (χ0) is 14.4. The van der Waals surface area contributed by atoms with Crippen LogP contribution >= 0.6 is 0 Å². The summed E-state index contributed by atoms with van der Waals surface area (Å²) in [6.45, 7) is 0. The van der Waals surface area contributed by atoms with Crippen LogP contribution in [-0.4, -0.2) is 18.7 Å². The van der Waals surface area contributed by atoms with E-state index in [9.17, 15) is 8.42 Å². The number of hydrogen-bond donors (Lipinski definition) is 1. The highest BCUT2D eigenvalue weighted by molar-refractivity contribution is 7.85. The van der Waals surface area contributed by atoms with E-state index in [1.807, 2.05) is 0 Å². The monoisotopic (exact) mass is 294 g/mol. The van der Waals surface area contributed by atoms with Gasteiger partial charge in [-0.3, -0.25) is 4.55 Å². The molecule has 0 fully saturated rings. The Labute approximate surface area is 121 Å². The predicted octanol–water partition coefficient (Wildman–Crippen LogP) is 3.68. The summed E-state index contributed by atoms with van der Waals surface area (Å²) < 4.78 is 30.0. The fourth-order valence-electron chi connectivity index (χ4n) is 2.69. The molecule has 1 unspecified atom stereocenters. The molecule has 0 heterocycles. The van der Waals surface area contributed by atoms with Crippen LogP contribution in [0, 0.1) is 11.8 Å². The molecule has 1 N–H and O–H groups in total. The molecule has 20 heavy (non-hydrogen) atoms. The predicted molar refractivity (Wildman–Crippen MR) is 82.0 cm³/mol. The third-order valence-corrected chi connectivity index (χ3v) is 4.56. The first-order valence-electron chi connectivity index (χ1n) is 7.22. The minimum Gasteiger partial charge on any atom is -0.286 e. The van der Waals surface area contributed by atoms with E-state index in [4.69, 9.17) is 4.55 Å². The van der Waals surface area contributed by atoms with Crippen molar-refractivity contribution in [1.29, 1.82) is 0 Å². The van der Waals surface area contributed by atoms with E-state index in [-0.39, 0.29) is 5.75 Å². The van der Waals surface area contributed by atoms with E-state index in [1.54, 1.807) is 0 Å². The Morgan fingerprint density at radius 3 is 2.40 bits per heavy atom. The molecule has 0 saturated carbocycles. The second-order valence-electron chi connectivity index (χ2n) is 5.52. The molecule has 110 valence electrons. The van der Waals surface area contributed by atoms with Crippen molar-refractivity contribution in [2.75, 3.05) is 5.75 Å².